The van der Waals surface area contributed by atoms with Crippen LogP contribution in [0.2, 0.25) is 0 Å². The number of rotatable bonds is 5. The molecule has 0 bridgehead atoms. The van der Waals surface area contributed by atoms with Crippen LogP contribution in [0.5, 0.6) is 5.75 Å². The topological polar surface area (TPSA) is 47.6 Å². The number of hydrogen-bond donors (Lipinski definition) is 1. The van der Waals surface area contributed by atoms with E-state index < -0.39 is 0 Å². The van der Waals surface area contributed by atoms with Gasteiger partial charge in [-0.3, -0.25) is 0 Å². The predicted molar refractivity (Wildman–Crippen MR) is 94.2 cm³/mol. The summed E-state index contributed by atoms with van der Waals surface area (Å²) in [7, 11) is 0. The molecule has 3 nitrogen and oxygen atoms in total. The molecule has 2 aromatic rings. The second-order valence-corrected chi connectivity index (χ2v) is 6.03. The van der Waals surface area contributed by atoms with Crippen LogP contribution in [0, 0.1) is 0 Å². The average Bonchev–Trinajstić information content (AvgIpc) is 2.58. The number of ether oxygens (including phenoxy) is 1. The Balaban J connectivity index is 1.54. The molecule has 0 saturated carbocycles. The molecule has 2 aromatic carbocycles. The number of benzene rings is 2. The Morgan fingerprint density at radius 2 is 1.73 bits per heavy atom. The highest BCUT2D eigenvalue weighted by molar-refractivity contribution is 8.14. The third-order valence-corrected chi connectivity index (χ3v) is 4.35. The summed E-state index contributed by atoms with van der Waals surface area (Å²) in [4.78, 5) is 4.12. The molecule has 22 heavy (non-hydrogen) atoms. The molecule has 112 valence electrons. The molecule has 4 heteroatoms. The van der Waals surface area contributed by atoms with Gasteiger partial charge in [0.2, 0.25) is 0 Å². The largest absolute Gasteiger partial charge is 0.493 e. The van der Waals surface area contributed by atoms with Gasteiger partial charge < -0.3 is 10.5 Å². The van der Waals surface area contributed by atoms with E-state index in [9.17, 15) is 0 Å². The van der Waals surface area contributed by atoms with E-state index >= 15 is 0 Å². The van der Waals surface area contributed by atoms with Gasteiger partial charge in [0.1, 0.15) is 5.75 Å². The number of amidine groups is 1. The maximum atomic E-state index is 5.80. The summed E-state index contributed by atoms with van der Waals surface area (Å²) in [6.45, 7) is 0.659. The zero-order chi connectivity index (χ0) is 15.2. The molecular formula is C18H18N2OS. The van der Waals surface area contributed by atoms with Crippen LogP contribution in [-0.4, -0.2) is 17.5 Å². The predicted octanol–water partition coefficient (Wildman–Crippen LogP) is 4.07. The first-order valence-electron chi connectivity index (χ1n) is 7.23. The third-order valence-electron chi connectivity index (χ3n) is 3.43. The number of aliphatic imine (C=N–C) groups is 1. The van der Waals surface area contributed by atoms with Gasteiger partial charge in [-0.2, -0.15) is 0 Å². The van der Waals surface area contributed by atoms with Crippen LogP contribution in [0.15, 0.2) is 71.4 Å². The number of nitrogens with two attached hydrogens (primary N) is 1. The smallest absolute Gasteiger partial charge is 0.158 e. The number of thioether (sulfide) groups is 1. The van der Waals surface area contributed by atoms with Crippen molar-refractivity contribution in [1.82, 2.24) is 0 Å². The van der Waals surface area contributed by atoms with E-state index in [4.69, 9.17) is 10.5 Å². The molecule has 0 aliphatic carbocycles. The lowest BCUT2D eigenvalue weighted by Crippen LogP contribution is -2.11. The molecule has 0 saturated heterocycles. The van der Waals surface area contributed by atoms with Crippen molar-refractivity contribution in [3.63, 3.8) is 0 Å². The van der Waals surface area contributed by atoms with Gasteiger partial charge >= 0.3 is 0 Å². The molecule has 0 unspecified atom stereocenters. The summed E-state index contributed by atoms with van der Waals surface area (Å²) >= 11 is 1.58. The molecule has 1 aliphatic rings. The zero-order valence-electron chi connectivity index (χ0n) is 12.2. The third kappa shape index (κ3) is 3.92. The molecule has 0 spiro atoms. The van der Waals surface area contributed by atoms with Gasteiger partial charge in [0, 0.05) is 18.4 Å². The minimum atomic E-state index is 0.640. The van der Waals surface area contributed by atoms with Crippen molar-refractivity contribution in [1.29, 1.82) is 0 Å². The fourth-order valence-electron chi connectivity index (χ4n) is 2.21. The summed E-state index contributed by atoms with van der Waals surface area (Å²) < 4.78 is 5.80. The molecule has 1 aliphatic heterocycles. The van der Waals surface area contributed by atoms with E-state index in [-0.39, 0.29) is 0 Å². The highest BCUT2D eigenvalue weighted by atomic mass is 32.2. The number of hydrogen-bond acceptors (Lipinski definition) is 4. The Morgan fingerprint density at radius 1 is 1.00 bits per heavy atom. The molecule has 0 aromatic heterocycles. The molecule has 1 heterocycles. The fourth-order valence-corrected chi connectivity index (χ4v) is 2.89. The van der Waals surface area contributed by atoms with Crippen LogP contribution in [0.4, 0.5) is 0 Å². The van der Waals surface area contributed by atoms with Crippen molar-refractivity contribution in [3.05, 3.63) is 66.4 Å². The monoisotopic (exact) mass is 310 g/mol. The highest BCUT2D eigenvalue weighted by Gasteiger charge is 2.06. The molecule has 2 N–H and O–H groups in total. The molecule has 0 fully saturated rings. The lowest BCUT2D eigenvalue weighted by atomic mass is 10.1. The SMILES string of the molecule is NC1=NC=C(CCOc2ccc(-c3ccccc3)cc2)CS1. The molecule has 3 rings (SSSR count). The summed E-state index contributed by atoms with van der Waals surface area (Å²) in [6.07, 6.45) is 2.73. The van der Waals surface area contributed by atoms with Gasteiger partial charge in [0.15, 0.2) is 5.17 Å². The van der Waals surface area contributed by atoms with Crippen LogP contribution in [0.25, 0.3) is 11.1 Å². The van der Waals surface area contributed by atoms with Crippen LogP contribution >= 0.6 is 11.8 Å². The Labute approximate surface area is 134 Å². The Hall–Kier alpha value is -2.20. The van der Waals surface area contributed by atoms with E-state index in [1.165, 1.54) is 16.7 Å². The van der Waals surface area contributed by atoms with Gasteiger partial charge in [0.25, 0.3) is 0 Å². The standard InChI is InChI=1S/C18H18N2OS/c19-18-20-12-14(13-22-18)10-11-21-17-8-6-16(7-9-17)15-4-2-1-3-5-15/h1-9,12H,10-11,13H2,(H2,19,20). The first-order chi connectivity index (χ1) is 10.8. The van der Waals surface area contributed by atoms with Crippen molar-refractivity contribution in [2.75, 3.05) is 12.4 Å². The second kappa shape index (κ2) is 7.18. The Bertz CT molecular complexity index is 678. The van der Waals surface area contributed by atoms with Crippen molar-refractivity contribution >= 4 is 16.9 Å². The molecule has 0 atom stereocenters. The quantitative estimate of drug-likeness (QED) is 0.905. The summed E-state index contributed by atoms with van der Waals surface area (Å²) in [5.41, 5.74) is 9.29. The van der Waals surface area contributed by atoms with Crippen LogP contribution in [0.1, 0.15) is 6.42 Å². The van der Waals surface area contributed by atoms with E-state index in [0.717, 1.165) is 17.9 Å². The number of nitrogens with zero attached hydrogens (tertiary/aromatic N) is 1. The van der Waals surface area contributed by atoms with E-state index in [0.29, 0.717) is 11.8 Å². The molecule has 0 amide bonds. The van der Waals surface area contributed by atoms with E-state index in [1.54, 1.807) is 11.8 Å². The lowest BCUT2D eigenvalue weighted by molar-refractivity contribution is 0.321. The van der Waals surface area contributed by atoms with Crippen LogP contribution < -0.4 is 10.5 Å². The zero-order valence-corrected chi connectivity index (χ0v) is 13.1. The highest BCUT2D eigenvalue weighted by Crippen LogP contribution is 2.23. The second-order valence-electron chi connectivity index (χ2n) is 5.03. The van der Waals surface area contributed by atoms with Gasteiger partial charge in [-0.1, -0.05) is 54.2 Å². The Kier molecular flexibility index (Phi) is 4.81. The Morgan fingerprint density at radius 3 is 2.41 bits per heavy atom. The van der Waals surface area contributed by atoms with E-state index in [1.807, 2.05) is 36.5 Å². The maximum absolute atomic E-state index is 5.80. The average molecular weight is 310 g/mol. The van der Waals surface area contributed by atoms with Gasteiger partial charge in [0.05, 0.1) is 6.61 Å². The molecular weight excluding hydrogens is 292 g/mol. The van der Waals surface area contributed by atoms with Crippen molar-refractivity contribution < 1.29 is 4.74 Å². The van der Waals surface area contributed by atoms with Gasteiger partial charge in [-0.25, -0.2) is 4.99 Å². The van der Waals surface area contributed by atoms with Gasteiger partial charge in [-0.15, -0.1) is 0 Å². The van der Waals surface area contributed by atoms with Crippen molar-refractivity contribution in [2.24, 2.45) is 10.7 Å². The lowest BCUT2D eigenvalue weighted by Gasteiger charge is -2.11. The fraction of sp³-hybridized carbons (Fsp3) is 0.167. The van der Waals surface area contributed by atoms with Crippen molar-refractivity contribution in [3.8, 4) is 16.9 Å². The van der Waals surface area contributed by atoms with E-state index in [2.05, 4.69) is 29.3 Å². The van der Waals surface area contributed by atoms with Crippen molar-refractivity contribution in [2.45, 2.75) is 6.42 Å². The van der Waals surface area contributed by atoms with Crippen LogP contribution in [0.3, 0.4) is 0 Å². The minimum Gasteiger partial charge on any atom is -0.493 e. The maximum Gasteiger partial charge on any atom is 0.158 e. The summed E-state index contributed by atoms with van der Waals surface area (Å²) in [6, 6.07) is 18.5. The summed E-state index contributed by atoms with van der Waals surface area (Å²) in [5.74, 6) is 1.80. The van der Waals surface area contributed by atoms with Gasteiger partial charge in [-0.05, 0) is 28.8 Å². The molecule has 0 radical (unpaired) electrons. The normalized spacial score (nSPS) is 14.2. The minimum absolute atomic E-state index is 0.640. The first kappa shape index (κ1) is 14.7. The first-order valence-corrected chi connectivity index (χ1v) is 8.22. The van der Waals surface area contributed by atoms with Crippen LogP contribution in [-0.2, 0) is 0 Å². The summed E-state index contributed by atoms with van der Waals surface area (Å²) in [5, 5.41) is 0.640.